The number of phenols is 1. The minimum absolute atomic E-state index is 0.0772. The number of aliphatic hydroxyl groups is 7. The molecule has 20 N–H and O–H groups in total. The molecule has 3 aliphatic rings. The molecule has 0 aliphatic carbocycles. The van der Waals surface area contributed by atoms with E-state index in [2.05, 4.69) is 73.9 Å². The molecule has 32 nitrogen and oxygen atoms in total. The number of nitrogens with zero attached hydrogens (tertiary/aromatic N) is 2. The lowest BCUT2D eigenvalue weighted by atomic mass is 9.91. The Morgan fingerprint density at radius 1 is 0.670 bits per heavy atom. The third-order valence-corrected chi connectivity index (χ3v) is 20.3. The number of thioether (sulfide) groups is 1. The SMILES string of the molecule is CCC(C)CC(C)CCCCCCCCC(=O)N[C@H]1C[C@@H](O)[C@@H](NCCN)NC(=O)[C@@H]2[C@@H](O)CCN2C(=O)[C@H]([C@H](O)CCNC(=O)[C@H](Cc2ccccc2)NC(=O)[C@H](CC(C)C)NC(=O)[C@H](CCSC)NC=O)NC(=O)[C@H]([C@H](O)[C@@H](O)c2ccc(O)cc2)NC(=O)[C@@H]2C[C@@H](O)CN2C(=O)[C@H]([C@@H](C)O)NC1=O. The van der Waals surface area contributed by atoms with E-state index in [1.54, 1.807) is 30.3 Å². The molecule has 3 aliphatic heterocycles. The average molecular weight is 1510 g/mol. The highest BCUT2D eigenvalue weighted by Crippen LogP contribution is 2.27. The average Bonchev–Trinajstić information content (AvgIpc) is 1.62. The van der Waals surface area contributed by atoms with Crippen LogP contribution < -0.4 is 58.9 Å². The molecule has 3 fully saturated rings. The second-order valence-electron chi connectivity index (χ2n) is 28.8. The monoisotopic (exact) mass is 1510 g/mol. The van der Waals surface area contributed by atoms with Crippen molar-refractivity contribution in [2.75, 3.05) is 44.7 Å². The van der Waals surface area contributed by atoms with Gasteiger partial charge in [0.05, 0.1) is 30.5 Å². The summed E-state index contributed by atoms with van der Waals surface area (Å²) in [5.74, 6) is -9.09. The van der Waals surface area contributed by atoms with Crippen molar-refractivity contribution in [1.82, 2.24) is 63.0 Å². The Hall–Kier alpha value is -7.60. The Labute approximate surface area is 624 Å². The largest absolute Gasteiger partial charge is 0.508 e. The van der Waals surface area contributed by atoms with Crippen LogP contribution in [0, 0.1) is 17.8 Å². The Kier molecular flexibility index (Phi) is 38.0. The molecule has 33 heteroatoms. The number of carbonyl (C=O) groups excluding carboxylic acids is 11. The van der Waals surface area contributed by atoms with Crippen LogP contribution in [0.5, 0.6) is 5.75 Å². The minimum Gasteiger partial charge on any atom is -0.508 e. The molecule has 5 rings (SSSR count). The zero-order chi connectivity index (χ0) is 78.3. The molecule has 0 saturated carbocycles. The molecule has 594 valence electrons. The molecule has 2 aromatic carbocycles. The number of nitrogens with two attached hydrogens (primary N) is 1. The van der Waals surface area contributed by atoms with E-state index in [-0.39, 0.29) is 62.4 Å². The van der Waals surface area contributed by atoms with Gasteiger partial charge in [-0.3, -0.25) is 58.1 Å². The van der Waals surface area contributed by atoms with Crippen LogP contribution in [0.25, 0.3) is 0 Å². The second-order valence-corrected chi connectivity index (χ2v) is 29.8. The van der Waals surface area contributed by atoms with E-state index in [9.17, 15) is 84.0 Å². The minimum atomic E-state index is -2.42. The molecule has 0 radical (unpaired) electrons. The number of fused-ring (bicyclic) bond motifs is 2. The van der Waals surface area contributed by atoms with E-state index in [0.29, 0.717) is 42.4 Å². The molecule has 106 heavy (non-hydrogen) atoms. The number of aliphatic hydroxyl groups excluding tert-OH is 7. The van der Waals surface area contributed by atoms with Gasteiger partial charge in [0.1, 0.15) is 78.5 Å². The van der Waals surface area contributed by atoms with Crippen molar-refractivity contribution < 1.29 is 93.6 Å². The number of nitrogens with one attached hydrogen (secondary N) is 10. The van der Waals surface area contributed by atoms with Crippen molar-refractivity contribution in [3.8, 4) is 5.75 Å². The van der Waals surface area contributed by atoms with E-state index in [1.165, 1.54) is 30.3 Å². The topological polar surface area (TPSA) is 502 Å². The Morgan fingerprint density at radius 2 is 1.30 bits per heavy atom. The van der Waals surface area contributed by atoms with Crippen molar-refractivity contribution >= 4 is 77.2 Å². The van der Waals surface area contributed by atoms with Gasteiger partial charge < -0.3 is 104 Å². The molecular weight excluding hydrogens is 1390 g/mol. The van der Waals surface area contributed by atoms with Crippen LogP contribution in [-0.2, 0) is 59.2 Å². The van der Waals surface area contributed by atoms with Gasteiger partial charge in [0.2, 0.25) is 65.5 Å². The smallest absolute Gasteiger partial charge is 0.248 e. The Bertz CT molecular complexity index is 3150. The fourth-order valence-corrected chi connectivity index (χ4v) is 13.9. The zero-order valence-corrected chi connectivity index (χ0v) is 62.8. The number of carbonyl (C=O) groups is 11. The van der Waals surface area contributed by atoms with Gasteiger partial charge in [-0.25, -0.2) is 0 Å². The zero-order valence-electron chi connectivity index (χ0n) is 62.0. The first-order chi connectivity index (χ1) is 50.4. The summed E-state index contributed by atoms with van der Waals surface area (Å²) in [4.78, 5) is 159. The summed E-state index contributed by atoms with van der Waals surface area (Å²) in [6.07, 6.45) is -6.59. The molecule has 0 bridgehead atoms. The van der Waals surface area contributed by atoms with E-state index >= 15 is 9.59 Å². The molecule has 3 saturated heterocycles. The number of amides is 11. The van der Waals surface area contributed by atoms with Crippen LogP contribution >= 0.6 is 11.8 Å². The van der Waals surface area contributed by atoms with Gasteiger partial charge in [0, 0.05) is 58.4 Å². The highest BCUT2D eigenvalue weighted by molar-refractivity contribution is 7.98. The molecule has 11 amide bonds. The van der Waals surface area contributed by atoms with Crippen LogP contribution in [0.2, 0.25) is 0 Å². The number of hydrogen-bond acceptors (Lipinski definition) is 22. The number of hydrogen-bond donors (Lipinski definition) is 19. The quantitative estimate of drug-likeness (QED) is 0.0255. The van der Waals surface area contributed by atoms with Crippen molar-refractivity contribution in [3.63, 3.8) is 0 Å². The summed E-state index contributed by atoms with van der Waals surface area (Å²) in [5.41, 5.74) is 6.34. The lowest BCUT2D eigenvalue weighted by Crippen LogP contribution is -2.65. The summed E-state index contributed by atoms with van der Waals surface area (Å²) in [5, 5.41) is 118. The van der Waals surface area contributed by atoms with Gasteiger partial charge >= 0.3 is 0 Å². The summed E-state index contributed by atoms with van der Waals surface area (Å²) in [6.45, 7) is 9.63. The lowest BCUT2D eigenvalue weighted by molar-refractivity contribution is -0.148. The Morgan fingerprint density at radius 3 is 1.94 bits per heavy atom. The second kappa shape index (κ2) is 45.3. The fourth-order valence-electron chi connectivity index (χ4n) is 13.5. The maximum atomic E-state index is 15.4. The van der Waals surface area contributed by atoms with E-state index in [1.807, 2.05) is 20.1 Å². The number of aromatic hydroxyl groups is 1. The van der Waals surface area contributed by atoms with Crippen molar-refractivity contribution in [1.29, 1.82) is 0 Å². The third kappa shape index (κ3) is 27.9. The molecule has 2 unspecified atom stereocenters. The summed E-state index contributed by atoms with van der Waals surface area (Å²) in [6, 6.07) is -2.47. The van der Waals surface area contributed by atoms with Gasteiger partial charge in [-0.05, 0) is 98.5 Å². The molecule has 2 aromatic rings. The summed E-state index contributed by atoms with van der Waals surface area (Å²) < 4.78 is 0. The normalized spacial score (nSPS) is 24.7. The van der Waals surface area contributed by atoms with Gasteiger partial charge in [0.15, 0.2) is 0 Å². The van der Waals surface area contributed by atoms with E-state index in [4.69, 9.17) is 5.73 Å². The number of rotatable bonds is 38. The van der Waals surface area contributed by atoms with Gasteiger partial charge in [-0.1, -0.05) is 122 Å². The van der Waals surface area contributed by atoms with Crippen molar-refractivity contribution in [3.05, 3.63) is 65.7 Å². The van der Waals surface area contributed by atoms with Gasteiger partial charge in [0.25, 0.3) is 0 Å². The molecule has 19 atom stereocenters. The van der Waals surface area contributed by atoms with Crippen LogP contribution in [-0.4, -0.2) is 258 Å². The first-order valence-corrected chi connectivity index (χ1v) is 38.5. The third-order valence-electron chi connectivity index (χ3n) is 19.6. The highest BCUT2D eigenvalue weighted by Gasteiger charge is 2.49. The van der Waals surface area contributed by atoms with Crippen LogP contribution in [0.4, 0.5) is 0 Å². The maximum absolute atomic E-state index is 15.4. The first-order valence-electron chi connectivity index (χ1n) is 37.1. The van der Waals surface area contributed by atoms with Crippen LogP contribution in [0.3, 0.4) is 0 Å². The van der Waals surface area contributed by atoms with Crippen molar-refractivity contribution in [2.45, 2.75) is 254 Å². The highest BCUT2D eigenvalue weighted by atomic mass is 32.2. The van der Waals surface area contributed by atoms with Crippen LogP contribution in [0.1, 0.15) is 162 Å². The first kappa shape index (κ1) is 89.0. The van der Waals surface area contributed by atoms with Crippen molar-refractivity contribution in [2.24, 2.45) is 23.5 Å². The maximum Gasteiger partial charge on any atom is 0.248 e. The number of unbranched alkanes of at least 4 members (excludes halogenated alkanes) is 5. The standard InChI is InChI=1S/C73H117N13O19S/c1-8-42(4)35-43(5)18-14-11-9-10-12-17-21-57(94)78-52-38-56(93)64(75-31-29-74)84-71(103)61-55(92)27-32-85(61)73(105)59(54(91)26-30-76-65(97)51(36-45-19-15-13-16-20-45)80-67(99)50(34-41(2)3)79-66(98)49(77-40-87)28-33-106-7)82-70(102)60(63(96)62(95)46-22-24-47(89)25-23-46)83-69(101)53-37-48(90)39-86(53)72(104)58(44(6)88)81-68(52)100/h13,15-16,19-20,22-25,40-44,48-56,58-64,75,88-93,95-96H,8-12,14,17-18,21,26-39,74H2,1-7H3,(H,76,97)(H,77,87)(H,78,94)(H,79,98)(H,80,99)(H,81,100)(H,82,102)(H,83,101)(H,84,103)/t42?,43?,44-,48-,49+,50+,51+,52+,53+,54-,55+,56-,58+,59+,60+,61+,62+,63+,64+/m1/s1. The fraction of sp³-hybridized carbons (Fsp3) is 0.685. The molecule has 0 spiro atoms. The molecule has 0 aromatic heterocycles. The number of phenolic OH excluding ortho intramolecular Hbond substituents is 1. The molecule has 3 heterocycles. The van der Waals surface area contributed by atoms with Gasteiger partial charge in [-0.15, -0.1) is 0 Å². The summed E-state index contributed by atoms with van der Waals surface area (Å²) in [7, 11) is 0. The molecular formula is C73H117N13O19S. The predicted octanol–water partition coefficient (Wildman–Crippen LogP) is -2.03. The lowest BCUT2D eigenvalue weighted by Gasteiger charge is -2.35. The van der Waals surface area contributed by atoms with E-state index < -0.39 is 201 Å². The van der Waals surface area contributed by atoms with Crippen LogP contribution in [0.15, 0.2) is 54.6 Å². The summed E-state index contributed by atoms with van der Waals surface area (Å²) >= 11 is 1.44. The van der Waals surface area contributed by atoms with Gasteiger partial charge in [-0.2, -0.15) is 11.8 Å². The Balaban J connectivity index is 1.54. The number of benzene rings is 2. The predicted molar refractivity (Wildman–Crippen MR) is 394 cm³/mol. The van der Waals surface area contributed by atoms with E-state index in [0.717, 1.165) is 67.4 Å².